The largest absolute Gasteiger partial charge is 0.433 e. The molecule has 25 heavy (non-hydrogen) atoms. The highest BCUT2D eigenvalue weighted by Crippen LogP contribution is 2.30. The quantitative estimate of drug-likeness (QED) is 0.441. The van der Waals surface area contributed by atoms with Crippen molar-refractivity contribution in [3.63, 3.8) is 0 Å². The molecule has 0 aromatic heterocycles. The van der Waals surface area contributed by atoms with Crippen molar-refractivity contribution in [3.05, 3.63) is 51.5 Å². The second kappa shape index (κ2) is 7.07. The lowest BCUT2D eigenvalue weighted by atomic mass is 10.2. The summed E-state index contributed by atoms with van der Waals surface area (Å²) in [7, 11) is -4.18. The number of alkyl halides is 2. The van der Waals surface area contributed by atoms with E-state index in [0.717, 1.165) is 24.3 Å². The number of nitrogens with two attached hydrogens (primary N) is 1. The summed E-state index contributed by atoms with van der Waals surface area (Å²) < 4.78 is 55.2. The van der Waals surface area contributed by atoms with Crippen LogP contribution < -0.4 is 15.2 Å². The summed E-state index contributed by atoms with van der Waals surface area (Å²) in [6, 6.07) is 6.22. The van der Waals surface area contributed by atoms with Crippen molar-refractivity contribution in [2.45, 2.75) is 11.5 Å². The fourth-order valence-electron chi connectivity index (χ4n) is 1.82. The Morgan fingerprint density at radius 3 is 2.48 bits per heavy atom. The van der Waals surface area contributed by atoms with Crippen molar-refractivity contribution in [2.75, 3.05) is 10.5 Å². The lowest BCUT2D eigenvalue weighted by Crippen LogP contribution is -2.13. The molecular formula is C13H10ClF2N3O5S. The van der Waals surface area contributed by atoms with Crippen molar-refractivity contribution in [2.24, 2.45) is 0 Å². The minimum atomic E-state index is -4.18. The number of nitrogens with one attached hydrogen (secondary N) is 1. The van der Waals surface area contributed by atoms with Crippen molar-refractivity contribution in [1.82, 2.24) is 0 Å². The van der Waals surface area contributed by atoms with Crippen LogP contribution in [0.1, 0.15) is 0 Å². The van der Waals surface area contributed by atoms with E-state index in [9.17, 15) is 27.3 Å². The van der Waals surface area contributed by atoms with E-state index < -0.39 is 33.0 Å². The number of anilines is 2. The van der Waals surface area contributed by atoms with E-state index in [4.69, 9.17) is 17.3 Å². The van der Waals surface area contributed by atoms with Crippen LogP contribution in [0.5, 0.6) is 5.75 Å². The minimum Gasteiger partial charge on any atom is -0.433 e. The zero-order valence-corrected chi connectivity index (χ0v) is 13.7. The average molecular weight is 394 g/mol. The van der Waals surface area contributed by atoms with Crippen LogP contribution in [-0.2, 0) is 10.0 Å². The third-order valence-corrected chi connectivity index (χ3v) is 4.58. The molecule has 0 heterocycles. The standard InChI is InChI=1S/C13H10ClF2N3O5S/c14-9-6-8(2-4-12(9)24-13(15)16)25(22,23)18-7-1-3-10(17)11(5-7)19(20)21/h1-6,13,18H,17H2. The molecule has 0 aliphatic rings. The van der Waals surface area contributed by atoms with Gasteiger partial charge in [0.05, 0.1) is 20.5 Å². The smallest absolute Gasteiger partial charge is 0.387 e. The Labute approximate surface area is 145 Å². The van der Waals surface area contributed by atoms with Gasteiger partial charge in [-0.05, 0) is 30.3 Å². The normalized spacial score (nSPS) is 11.4. The molecular weight excluding hydrogens is 384 g/mol. The molecule has 2 aromatic rings. The van der Waals surface area contributed by atoms with Crippen LogP contribution in [0.2, 0.25) is 5.02 Å². The molecule has 2 aromatic carbocycles. The zero-order valence-electron chi connectivity index (χ0n) is 12.1. The number of hydrogen-bond acceptors (Lipinski definition) is 6. The Hall–Kier alpha value is -2.66. The molecule has 0 aliphatic heterocycles. The van der Waals surface area contributed by atoms with Gasteiger partial charge >= 0.3 is 6.61 Å². The van der Waals surface area contributed by atoms with Crippen LogP contribution >= 0.6 is 11.6 Å². The zero-order chi connectivity index (χ0) is 18.8. The summed E-state index contributed by atoms with van der Waals surface area (Å²) in [6.07, 6.45) is 0. The van der Waals surface area contributed by atoms with Gasteiger partial charge in [-0.1, -0.05) is 11.6 Å². The SMILES string of the molecule is Nc1ccc(NS(=O)(=O)c2ccc(OC(F)F)c(Cl)c2)cc1[N+](=O)[O-]. The molecule has 0 atom stereocenters. The highest BCUT2D eigenvalue weighted by atomic mass is 35.5. The van der Waals surface area contributed by atoms with E-state index in [1.807, 2.05) is 0 Å². The molecule has 0 unspecified atom stereocenters. The van der Waals surface area contributed by atoms with Crippen LogP contribution in [0.15, 0.2) is 41.3 Å². The molecule has 0 fully saturated rings. The number of rotatable bonds is 6. The molecule has 0 radical (unpaired) electrons. The fraction of sp³-hybridized carbons (Fsp3) is 0.0769. The van der Waals surface area contributed by atoms with E-state index in [2.05, 4.69) is 9.46 Å². The summed E-state index contributed by atoms with van der Waals surface area (Å²) in [5.41, 5.74) is 4.72. The van der Waals surface area contributed by atoms with Gasteiger partial charge in [-0.3, -0.25) is 14.8 Å². The van der Waals surface area contributed by atoms with Crippen LogP contribution in [-0.4, -0.2) is 20.0 Å². The van der Waals surface area contributed by atoms with Gasteiger partial charge in [0.1, 0.15) is 11.4 Å². The predicted molar refractivity (Wildman–Crippen MR) is 86.4 cm³/mol. The van der Waals surface area contributed by atoms with Crippen molar-refractivity contribution in [3.8, 4) is 5.75 Å². The molecule has 2 rings (SSSR count). The van der Waals surface area contributed by atoms with E-state index in [1.54, 1.807) is 0 Å². The topological polar surface area (TPSA) is 125 Å². The summed E-state index contributed by atoms with van der Waals surface area (Å²) in [6.45, 7) is -3.12. The van der Waals surface area contributed by atoms with Gasteiger partial charge in [0.2, 0.25) is 0 Å². The first-order chi connectivity index (χ1) is 11.6. The first-order valence-corrected chi connectivity index (χ1v) is 8.27. The molecule has 12 heteroatoms. The molecule has 0 saturated carbocycles. The summed E-state index contributed by atoms with van der Waals surface area (Å²) in [5, 5.41) is 10.5. The van der Waals surface area contributed by atoms with E-state index in [1.165, 1.54) is 12.1 Å². The third-order valence-electron chi connectivity index (χ3n) is 2.91. The number of nitrogen functional groups attached to an aromatic ring is 1. The van der Waals surface area contributed by atoms with Gasteiger partial charge in [-0.15, -0.1) is 0 Å². The van der Waals surface area contributed by atoms with Crippen LogP contribution in [0.25, 0.3) is 0 Å². The van der Waals surface area contributed by atoms with Crippen molar-refractivity contribution >= 4 is 38.7 Å². The number of benzene rings is 2. The number of sulfonamides is 1. The van der Waals surface area contributed by atoms with Crippen molar-refractivity contribution in [1.29, 1.82) is 0 Å². The molecule has 134 valence electrons. The van der Waals surface area contributed by atoms with Crippen LogP contribution in [0, 0.1) is 10.1 Å². The van der Waals surface area contributed by atoms with E-state index >= 15 is 0 Å². The van der Waals surface area contributed by atoms with Gasteiger partial charge in [-0.25, -0.2) is 8.42 Å². The second-order valence-electron chi connectivity index (χ2n) is 4.61. The number of nitro groups is 1. The highest BCUT2D eigenvalue weighted by molar-refractivity contribution is 7.92. The highest BCUT2D eigenvalue weighted by Gasteiger charge is 2.20. The summed E-state index contributed by atoms with van der Waals surface area (Å²) in [5.74, 6) is -0.390. The third kappa shape index (κ3) is 4.45. The second-order valence-corrected chi connectivity index (χ2v) is 6.70. The maximum atomic E-state index is 12.3. The fourth-order valence-corrected chi connectivity index (χ4v) is 3.18. The van der Waals surface area contributed by atoms with Crippen LogP contribution in [0.3, 0.4) is 0 Å². The lowest BCUT2D eigenvalue weighted by Gasteiger charge is -2.11. The van der Waals surface area contributed by atoms with Gasteiger partial charge in [0.15, 0.2) is 0 Å². The molecule has 3 N–H and O–H groups in total. The first kappa shape index (κ1) is 18.7. The van der Waals surface area contributed by atoms with E-state index in [0.29, 0.717) is 0 Å². The Bertz CT molecular complexity index is 924. The molecule has 0 saturated heterocycles. The molecule has 0 spiro atoms. The Kier molecular flexibility index (Phi) is 5.28. The maximum Gasteiger partial charge on any atom is 0.387 e. The minimum absolute atomic E-state index is 0.107. The average Bonchev–Trinajstić information content (AvgIpc) is 2.50. The van der Waals surface area contributed by atoms with E-state index in [-0.39, 0.29) is 21.3 Å². The number of halogens is 3. The predicted octanol–water partition coefficient (Wildman–Crippen LogP) is 3.23. The van der Waals surface area contributed by atoms with Gasteiger partial charge < -0.3 is 10.5 Å². The number of hydrogen-bond donors (Lipinski definition) is 2. The Balaban J connectivity index is 2.32. The number of ether oxygens (including phenoxy) is 1. The molecule has 0 amide bonds. The number of nitrogens with zero attached hydrogens (tertiary/aromatic N) is 1. The molecule has 0 aliphatic carbocycles. The Morgan fingerprint density at radius 2 is 1.92 bits per heavy atom. The van der Waals surface area contributed by atoms with Gasteiger partial charge in [-0.2, -0.15) is 8.78 Å². The summed E-state index contributed by atoms with van der Waals surface area (Å²) in [4.78, 5) is 9.72. The summed E-state index contributed by atoms with van der Waals surface area (Å²) >= 11 is 5.71. The molecule has 0 bridgehead atoms. The monoisotopic (exact) mass is 393 g/mol. The van der Waals surface area contributed by atoms with Crippen LogP contribution in [0.4, 0.5) is 25.8 Å². The number of nitro benzene ring substituents is 1. The van der Waals surface area contributed by atoms with Gasteiger partial charge in [0, 0.05) is 6.07 Å². The maximum absolute atomic E-state index is 12.3. The lowest BCUT2D eigenvalue weighted by molar-refractivity contribution is -0.383. The first-order valence-electron chi connectivity index (χ1n) is 6.41. The Morgan fingerprint density at radius 1 is 1.24 bits per heavy atom. The van der Waals surface area contributed by atoms with Gasteiger partial charge in [0.25, 0.3) is 15.7 Å². The molecule has 8 nitrogen and oxygen atoms in total. The van der Waals surface area contributed by atoms with Crippen molar-refractivity contribution < 1.29 is 26.9 Å².